The van der Waals surface area contributed by atoms with Crippen LogP contribution < -0.4 is 0 Å². The average molecular weight is 402 g/mol. The lowest BCUT2D eigenvalue weighted by Gasteiger charge is -2.66. The van der Waals surface area contributed by atoms with Gasteiger partial charge in [-0.15, -0.1) is 0 Å². The fourth-order valence-corrected chi connectivity index (χ4v) is 7.27. The van der Waals surface area contributed by atoms with Crippen molar-refractivity contribution in [1.82, 2.24) is 4.90 Å². The molecule has 1 N–H and O–H groups in total. The number of phenols is 1. The van der Waals surface area contributed by atoms with E-state index < -0.39 is 0 Å². The van der Waals surface area contributed by atoms with Crippen molar-refractivity contribution in [1.29, 1.82) is 0 Å². The Labute approximate surface area is 179 Å². The highest BCUT2D eigenvalue weighted by atomic mass is 16.3. The van der Waals surface area contributed by atoms with Crippen LogP contribution in [0.2, 0.25) is 0 Å². The van der Waals surface area contributed by atoms with Crippen molar-refractivity contribution in [2.24, 2.45) is 11.3 Å². The van der Waals surface area contributed by atoms with Gasteiger partial charge in [0.2, 0.25) is 0 Å². The topological polar surface area (TPSA) is 40.5 Å². The average Bonchev–Trinajstić information content (AvgIpc) is 3.56. The van der Waals surface area contributed by atoms with Crippen molar-refractivity contribution >= 4 is 5.78 Å². The third-order valence-corrected chi connectivity index (χ3v) is 8.78. The van der Waals surface area contributed by atoms with E-state index in [9.17, 15) is 9.90 Å². The first-order valence-electron chi connectivity index (χ1n) is 11.7. The number of ketones is 1. The monoisotopic (exact) mass is 401 g/mol. The summed E-state index contributed by atoms with van der Waals surface area (Å²) in [6.07, 6.45) is 8.19. The van der Waals surface area contributed by atoms with Crippen LogP contribution in [0.4, 0.5) is 0 Å². The van der Waals surface area contributed by atoms with E-state index in [1.54, 1.807) is 0 Å². The Morgan fingerprint density at radius 3 is 2.70 bits per heavy atom. The quantitative estimate of drug-likeness (QED) is 0.811. The summed E-state index contributed by atoms with van der Waals surface area (Å²) in [6, 6.07) is 17.4. The molecule has 0 spiro atoms. The largest absolute Gasteiger partial charge is 0.508 e. The molecule has 0 aromatic heterocycles. The van der Waals surface area contributed by atoms with Gasteiger partial charge in [-0.2, -0.15) is 0 Å². The van der Waals surface area contributed by atoms with Crippen LogP contribution in [0.5, 0.6) is 5.75 Å². The molecule has 0 radical (unpaired) electrons. The van der Waals surface area contributed by atoms with E-state index >= 15 is 0 Å². The summed E-state index contributed by atoms with van der Waals surface area (Å²) in [6.45, 7) is 2.30. The minimum Gasteiger partial charge on any atom is -0.508 e. The molecule has 1 saturated heterocycles. The van der Waals surface area contributed by atoms with E-state index in [-0.39, 0.29) is 10.8 Å². The van der Waals surface area contributed by atoms with Crippen LogP contribution in [-0.2, 0) is 23.1 Å². The van der Waals surface area contributed by atoms with Gasteiger partial charge in [-0.3, -0.25) is 9.69 Å². The third-order valence-electron chi connectivity index (χ3n) is 8.78. The van der Waals surface area contributed by atoms with Crippen molar-refractivity contribution in [2.75, 3.05) is 13.1 Å². The normalized spacial score (nSPS) is 33.1. The minimum atomic E-state index is -0.144. The van der Waals surface area contributed by atoms with Crippen LogP contribution >= 0.6 is 0 Å². The maximum Gasteiger partial charge on any atom is 0.133 e. The standard InChI is InChI=1S/C27H31NO2/c29-22-9-8-21-14-25-27(16-19-4-2-1-3-5-19)11-10-23(30)17-26(27,24(21)15-22)12-13-28(25)18-20-6-7-20/h1-5,8-9,15,20,25,29H,6-7,10-14,16-18H2. The van der Waals surface area contributed by atoms with Gasteiger partial charge in [0.25, 0.3) is 0 Å². The van der Waals surface area contributed by atoms with Crippen LogP contribution in [0.15, 0.2) is 48.5 Å². The zero-order valence-corrected chi connectivity index (χ0v) is 17.6. The highest BCUT2D eigenvalue weighted by Crippen LogP contribution is 2.64. The molecule has 3 aliphatic carbocycles. The number of fused-ring (bicyclic) bond motifs is 1. The molecule has 0 amide bonds. The van der Waals surface area contributed by atoms with Gasteiger partial charge in [-0.25, -0.2) is 0 Å². The summed E-state index contributed by atoms with van der Waals surface area (Å²) in [5, 5.41) is 10.4. The summed E-state index contributed by atoms with van der Waals surface area (Å²) >= 11 is 0. The molecule has 3 atom stereocenters. The van der Waals surface area contributed by atoms with Gasteiger partial charge in [-0.1, -0.05) is 36.4 Å². The molecule has 3 heteroatoms. The number of aromatic hydroxyl groups is 1. The molecule has 3 unspecified atom stereocenters. The van der Waals surface area contributed by atoms with Crippen LogP contribution in [0.3, 0.4) is 0 Å². The molecule has 156 valence electrons. The zero-order valence-electron chi connectivity index (χ0n) is 17.6. The number of benzene rings is 2. The molecular formula is C27H31NO2. The molecule has 2 bridgehead atoms. The first kappa shape index (κ1) is 18.6. The number of Topliss-reactive ketones (excluding diaryl/α,β-unsaturated/α-hetero) is 1. The van der Waals surface area contributed by atoms with Gasteiger partial charge in [0.1, 0.15) is 11.5 Å². The van der Waals surface area contributed by atoms with E-state index in [0.717, 1.165) is 38.1 Å². The van der Waals surface area contributed by atoms with Gasteiger partial charge in [0.05, 0.1) is 0 Å². The van der Waals surface area contributed by atoms with Crippen molar-refractivity contribution in [3.8, 4) is 5.75 Å². The molecule has 4 aliphatic rings. The molecule has 3 fully saturated rings. The van der Waals surface area contributed by atoms with Crippen LogP contribution in [0.1, 0.15) is 55.2 Å². The highest BCUT2D eigenvalue weighted by molar-refractivity contribution is 5.82. The maximum atomic E-state index is 12.9. The van der Waals surface area contributed by atoms with Gasteiger partial charge in [0.15, 0.2) is 0 Å². The Bertz CT molecular complexity index is 982. The second kappa shape index (κ2) is 6.68. The number of hydrogen-bond acceptors (Lipinski definition) is 3. The highest BCUT2D eigenvalue weighted by Gasteiger charge is 2.64. The Kier molecular flexibility index (Phi) is 4.15. The number of hydrogen-bond donors (Lipinski definition) is 1. The lowest BCUT2D eigenvalue weighted by Crippen LogP contribution is -2.69. The predicted molar refractivity (Wildman–Crippen MR) is 118 cm³/mol. The molecule has 1 aliphatic heterocycles. The molecule has 2 saturated carbocycles. The number of rotatable bonds is 4. The first-order valence-corrected chi connectivity index (χ1v) is 11.7. The van der Waals surface area contributed by atoms with Gasteiger partial charge in [-0.05, 0) is 79.8 Å². The predicted octanol–water partition coefficient (Wildman–Crippen LogP) is 4.65. The SMILES string of the molecule is O=C1CCC2(Cc3ccccc3)C3Cc4ccc(O)cc4C2(CCN3CC2CC2)C1. The van der Waals surface area contributed by atoms with Gasteiger partial charge < -0.3 is 5.11 Å². The summed E-state index contributed by atoms with van der Waals surface area (Å²) < 4.78 is 0. The summed E-state index contributed by atoms with van der Waals surface area (Å²) in [5.41, 5.74) is 3.94. The van der Waals surface area contributed by atoms with E-state index in [1.165, 1.54) is 36.1 Å². The molecule has 3 nitrogen and oxygen atoms in total. The first-order chi connectivity index (χ1) is 14.6. The maximum absolute atomic E-state index is 12.9. The summed E-state index contributed by atoms with van der Waals surface area (Å²) in [7, 11) is 0. The summed E-state index contributed by atoms with van der Waals surface area (Å²) in [4.78, 5) is 15.7. The van der Waals surface area contributed by atoms with E-state index in [2.05, 4.69) is 41.3 Å². The van der Waals surface area contributed by atoms with Gasteiger partial charge in [0, 0.05) is 36.3 Å². The fraction of sp³-hybridized carbons (Fsp3) is 0.519. The number of likely N-dealkylation sites (tertiary alicyclic amines) is 1. The lowest BCUT2D eigenvalue weighted by molar-refractivity contribution is -0.139. The summed E-state index contributed by atoms with van der Waals surface area (Å²) in [5.74, 6) is 1.62. The van der Waals surface area contributed by atoms with Crippen molar-refractivity contribution in [3.05, 3.63) is 65.2 Å². The lowest BCUT2D eigenvalue weighted by atomic mass is 9.42. The molecule has 2 aromatic carbocycles. The smallest absolute Gasteiger partial charge is 0.133 e. The number of piperidine rings is 1. The van der Waals surface area contributed by atoms with E-state index in [4.69, 9.17) is 0 Å². The minimum absolute atomic E-state index is 0.0657. The molecule has 6 rings (SSSR count). The van der Waals surface area contributed by atoms with Crippen molar-refractivity contribution in [2.45, 2.75) is 62.8 Å². The molecule has 30 heavy (non-hydrogen) atoms. The van der Waals surface area contributed by atoms with Crippen LogP contribution in [0, 0.1) is 11.3 Å². The Hall–Kier alpha value is -2.13. The van der Waals surface area contributed by atoms with Crippen molar-refractivity contribution < 1.29 is 9.90 Å². The third kappa shape index (κ3) is 2.71. The van der Waals surface area contributed by atoms with Crippen molar-refractivity contribution in [3.63, 3.8) is 0 Å². The Morgan fingerprint density at radius 2 is 1.90 bits per heavy atom. The van der Waals surface area contributed by atoms with Crippen LogP contribution in [0.25, 0.3) is 0 Å². The Morgan fingerprint density at radius 1 is 1.07 bits per heavy atom. The fourth-order valence-electron chi connectivity index (χ4n) is 7.27. The van der Waals surface area contributed by atoms with E-state index in [1.807, 2.05) is 12.1 Å². The van der Waals surface area contributed by atoms with Crippen LogP contribution in [-0.4, -0.2) is 34.9 Å². The molecular weight excluding hydrogens is 370 g/mol. The molecule has 1 heterocycles. The number of nitrogens with zero attached hydrogens (tertiary/aromatic N) is 1. The number of carbonyl (C=O) groups is 1. The second-order valence-electron chi connectivity index (χ2n) is 10.4. The number of phenolic OH excluding ortho intramolecular Hbond substituents is 1. The molecule has 2 aromatic rings. The number of carbonyl (C=O) groups excluding carboxylic acids is 1. The van der Waals surface area contributed by atoms with Gasteiger partial charge >= 0.3 is 0 Å². The zero-order chi connectivity index (χ0) is 20.3. The second-order valence-corrected chi connectivity index (χ2v) is 10.4. The Balaban J connectivity index is 1.54. The van der Waals surface area contributed by atoms with E-state index in [0.29, 0.717) is 30.4 Å².